The summed E-state index contributed by atoms with van der Waals surface area (Å²) >= 11 is 1.27. The summed E-state index contributed by atoms with van der Waals surface area (Å²) in [7, 11) is -3.26. The zero-order chi connectivity index (χ0) is 19.2. The quantitative estimate of drug-likeness (QED) is 0.634. The van der Waals surface area contributed by atoms with Gasteiger partial charge in [-0.25, -0.2) is 17.9 Å². The Labute approximate surface area is 158 Å². The van der Waals surface area contributed by atoms with Gasteiger partial charge in [0.2, 0.25) is 15.9 Å². The molecule has 146 valence electrons. The van der Waals surface area contributed by atoms with E-state index in [0.29, 0.717) is 17.1 Å². The highest BCUT2D eigenvalue weighted by Gasteiger charge is 2.25. The Morgan fingerprint density at radius 2 is 2.15 bits per heavy atom. The second kappa shape index (κ2) is 9.45. The third kappa shape index (κ3) is 6.35. The fraction of sp³-hybridized carbons (Fsp3) is 0.625. The van der Waals surface area contributed by atoms with Crippen molar-refractivity contribution < 1.29 is 22.7 Å². The molecule has 2 heterocycles. The lowest BCUT2D eigenvalue weighted by Crippen LogP contribution is -2.49. The van der Waals surface area contributed by atoms with Gasteiger partial charge in [-0.1, -0.05) is 6.42 Å². The SMILES string of the molecule is CCOC(=O)c1ccsc1NC(=O)CN1CCCC[C@H]1CNS(C)(=O)=O. The summed E-state index contributed by atoms with van der Waals surface area (Å²) in [5, 5.41) is 4.96. The first-order chi connectivity index (χ1) is 12.3. The Bertz CT molecular complexity index is 732. The highest BCUT2D eigenvalue weighted by molar-refractivity contribution is 7.88. The number of rotatable bonds is 8. The van der Waals surface area contributed by atoms with Crippen LogP contribution in [0.15, 0.2) is 11.4 Å². The summed E-state index contributed by atoms with van der Waals surface area (Å²) < 4.78 is 30.1. The van der Waals surface area contributed by atoms with Crippen molar-refractivity contribution in [2.45, 2.75) is 32.2 Å². The van der Waals surface area contributed by atoms with Crippen molar-refractivity contribution in [2.24, 2.45) is 0 Å². The number of sulfonamides is 1. The molecule has 1 aliphatic rings. The Hall–Kier alpha value is -1.49. The molecule has 0 aliphatic carbocycles. The summed E-state index contributed by atoms with van der Waals surface area (Å²) in [6.07, 6.45) is 3.94. The van der Waals surface area contributed by atoms with Crippen LogP contribution >= 0.6 is 11.3 Å². The van der Waals surface area contributed by atoms with Gasteiger partial charge in [0.15, 0.2) is 0 Å². The first kappa shape index (κ1) is 20.8. The van der Waals surface area contributed by atoms with E-state index in [1.807, 2.05) is 4.90 Å². The van der Waals surface area contributed by atoms with Crippen molar-refractivity contribution in [3.63, 3.8) is 0 Å². The Morgan fingerprint density at radius 3 is 2.85 bits per heavy atom. The lowest BCUT2D eigenvalue weighted by Gasteiger charge is -2.35. The minimum Gasteiger partial charge on any atom is -0.462 e. The number of nitrogens with one attached hydrogen (secondary N) is 2. The fourth-order valence-corrected chi connectivity index (χ4v) is 4.16. The van der Waals surface area contributed by atoms with E-state index in [-0.39, 0.29) is 25.1 Å². The van der Waals surface area contributed by atoms with Crippen LogP contribution in [0.3, 0.4) is 0 Å². The van der Waals surface area contributed by atoms with Crippen LogP contribution in [0.2, 0.25) is 0 Å². The maximum atomic E-state index is 12.4. The molecule has 1 amide bonds. The van der Waals surface area contributed by atoms with Crippen LogP contribution in [0, 0.1) is 0 Å². The number of hydrogen-bond donors (Lipinski definition) is 2. The third-order valence-corrected chi connectivity index (χ3v) is 5.61. The van der Waals surface area contributed by atoms with Crippen molar-refractivity contribution in [3.8, 4) is 0 Å². The fourth-order valence-electron chi connectivity index (χ4n) is 2.87. The number of anilines is 1. The van der Waals surface area contributed by atoms with Crippen molar-refractivity contribution >= 4 is 38.2 Å². The molecule has 1 fully saturated rings. The molecule has 26 heavy (non-hydrogen) atoms. The molecule has 0 bridgehead atoms. The standard InChI is InChI=1S/C16H25N3O5S2/c1-3-24-16(21)13-7-9-25-15(13)18-14(20)11-19-8-5-4-6-12(19)10-17-26(2,22)23/h7,9,12,17H,3-6,8,10-11H2,1-2H3,(H,18,20)/t12-/m0/s1. The lowest BCUT2D eigenvalue weighted by atomic mass is 10.0. The van der Waals surface area contributed by atoms with Crippen LogP contribution < -0.4 is 10.0 Å². The van der Waals surface area contributed by atoms with Gasteiger partial charge in [0.05, 0.1) is 25.0 Å². The van der Waals surface area contributed by atoms with E-state index in [2.05, 4.69) is 10.0 Å². The van der Waals surface area contributed by atoms with Crippen molar-refractivity contribution in [2.75, 3.05) is 37.8 Å². The summed E-state index contributed by atoms with van der Waals surface area (Å²) in [4.78, 5) is 26.3. The van der Waals surface area contributed by atoms with Crippen molar-refractivity contribution in [1.82, 2.24) is 9.62 Å². The Morgan fingerprint density at radius 1 is 1.38 bits per heavy atom. The van der Waals surface area contributed by atoms with E-state index in [9.17, 15) is 18.0 Å². The van der Waals surface area contributed by atoms with Crippen molar-refractivity contribution in [3.05, 3.63) is 17.0 Å². The van der Waals surface area contributed by atoms with E-state index < -0.39 is 16.0 Å². The van der Waals surface area contributed by atoms with Crippen LogP contribution in [0.5, 0.6) is 0 Å². The molecule has 10 heteroatoms. The molecular weight excluding hydrogens is 378 g/mol. The van der Waals surface area contributed by atoms with Gasteiger partial charge in [0, 0.05) is 12.6 Å². The van der Waals surface area contributed by atoms with Crippen LogP contribution in [0.25, 0.3) is 0 Å². The predicted octanol–water partition coefficient (Wildman–Crippen LogP) is 1.27. The third-order valence-electron chi connectivity index (χ3n) is 4.09. The van der Waals surface area contributed by atoms with Gasteiger partial charge >= 0.3 is 5.97 Å². The van der Waals surface area contributed by atoms with Gasteiger partial charge in [-0.15, -0.1) is 11.3 Å². The number of ether oxygens (including phenoxy) is 1. The number of esters is 1. The van der Waals surface area contributed by atoms with Crippen LogP contribution in [0.1, 0.15) is 36.5 Å². The molecule has 1 aromatic rings. The molecule has 8 nitrogen and oxygen atoms in total. The number of thiophene rings is 1. The Kier molecular flexibility index (Phi) is 7.56. The van der Waals surface area contributed by atoms with E-state index >= 15 is 0 Å². The highest BCUT2D eigenvalue weighted by atomic mass is 32.2. The van der Waals surface area contributed by atoms with E-state index in [1.54, 1.807) is 18.4 Å². The summed E-state index contributed by atoms with van der Waals surface area (Å²) in [5.41, 5.74) is 0.346. The number of carbonyl (C=O) groups excluding carboxylic acids is 2. The molecule has 2 rings (SSSR count). The van der Waals surface area contributed by atoms with E-state index in [4.69, 9.17) is 4.74 Å². The van der Waals surface area contributed by atoms with Crippen LogP contribution in [0.4, 0.5) is 5.00 Å². The smallest absolute Gasteiger partial charge is 0.341 e. The molecule has 1 atom stereocenters. The largest absolute Gasteiger partial charge is 0.462 e. The van der Waals surface area contributed by atoms with Crippen molar-refractivity contribution in [1.29, 1.82) is 0 Å². The summed E-state index contributed by atoms with van der Waals surface area (Å²) in [5.74, 6) is -0.693. The molecule has 0 radical (unpaired) electrons. The number of likely N-dealkylation sites (tertiary alicyclic amines) is 1. The van der Waals surface area contributed by atoms with Gasteiger partial charge in [-0.3, -0.25) is 9.69 Å². The second-order valence-electron chi connectivity index (χ2n) is 6.17. The van der Waals surface area contributed by atoms with Gasteiger partial charge in [0.1, 0.15) is 5.00 Å². The molecule has 1 aromatic heterocycles. The number of hydrogen-bond acceptors (Lipinski definition) is 7. The maximum absolute atomic E-state index is 12.4. The number of piperidine rings is 1. The Balaban J connectivity index is 1.95. The molecule has 1 aliphatic heterocycles. The maximum Gasteiger partial charge on any atom is 0.341 e. The zero-order valence-corrected chi connectivity index (χ0v) is 16.6. The number of amides is 1. The molecule has 0 spiro atoms. The van der Waals surface area contributed by atoms with Crippen LogP contribution in [-0.2, 0) is 19.6 Å². The van der Waals surface area contributed by atoms with Gasteiger partial charge < -0.3 is 10.1 Å². The molecule has 0 unspecified atom stereocenters. The molecular formula is C16H25N3O5S2. The van der Waals surface area contributed by atoms with Crippen LogP contribution in [-0.4, -0.2) is 63.7 Å². The minimum absolute atomic E-state index is 0.0166. The van der Waals surface area contributed by atoms with E-state index in [0.717, 1.165) is 32.1 Å². The van der Waals surface area contributed by atoms with Gasteiger partial charge in [-0.05, 0) is 37.8 Å². The van der Waals surface area contributed by atoms with E-state index in [1.165, 1.54) is 11.3 Å². The first-order valence-electron chi connectivity index (χ1n) is 8.53. The highest BCUT2D eigenvalue weighted by Crippen LogP contribution is 2.24. The minimum atomic E-state index is -3.26. The first-order valence-corrected chi connectivity index (χ1v) is 11.3. The summed E-state index contributed by atoms with van der Waals surface area (Å²) in [6, 6.07) is 1.61. The topological polar surface area (TPSA) is 105 Å². The average Bonchev–Trinajstić information content (AvgIpc) is 3.01. The number of nitrogens with zero attached hydrogens (tertiary/aromatic N) is 1. The number of carbonyl (C=O) groups is 2. The molecule has 2 N–H and O–H groups in total. The molecule has 0 saturated carbocycles. The second-order valence-corrected chi connectivity index (χ2v) is 8.92. The monoisotopic (exact) mass is 403 g/mol. The normalized spacial score (nSPS) is 18.5. The average molecular weight is 404 g/mol. The van der Waals surface area contributed by atoms with Gasteiger partial charge in [0.25, 0.3) is 0 Å². The predicted molar refractivity (Wildman–Crippen MR) is 101 cm³/mol. The van der Waals surface area contributed by atoms with Gasteiger partial charge in [-0.2, -0.15) is 0 Å². The summed E-state index contributed by atoms with van der Waals surface area (Å²) in [6.45, 7) is 3.17. The lowest BCUT2D eigenvalue weighted by molar-refractivity contribution is -0.118. The molecule has 0 aromatic carbocycles. The zero-order valence-electron chi connectivity index (χ0n) is 15.0. The molecule has 1 saturated heterocycles.